The zero-order valence-corrected chi connectivity index (χ0v) is 9.92. The second-order valence-corrected chi connectivity index (χ2v) is 4.15. The number of rotatable bonds is 2. The molecule has 0 spiro atoms. The van der Waals surface area contributed by atoms with E-state index in [1.807, 2.05) is 42.5 Å². The highest BCUT2D eigenvalue weighted by Crippen LogP contribution is 2.35. The highest BCUT2D eigenvalue weighted by molar-refractivity contribution is 5.94. The number of benzene rings is 2. The minimum absolute atomic E-state index is 0.258. The minimum atomic E-state index is -0.306. The van der Waals surface area contributed by atoms with Gasteiger partial charge in [0.1, 0.15) is 5.75 Å². The first-order valence-electron chi connectivity index (χ1n) is 5.73. The number of esters is 1. The maximum atomic E-state index is 11.7. The Kier molecular flexibility index (Phi) is 2.52. The van der Waals surface area contributed by atoms with Gasteiger partial charge in [-0.15, -0.1) is 0 Å². The number of carbonyl (C=O) groups excluding carboxylic acids is 1. The van der Waals surface area contributed by atoms with E-state index in [-0.39, 0.29) is 12.1 Å². The van der Waals surface area contributed by atoms with Crippen molar-refractivity contribution < 1.29 is 14.3 Å². The summed E-state index contributed by atoms with van der Waals surface area (Å²) < 4.78 is 10.5. The van der Waals surface area contributed by atoms with E-state index in [4.69, 9.17) is 9.47 Å². The van der Waals surface area contributed by atoms with Gasteiger partial charge >= 0.3 is 5.97 Å². The van der Waals surface area contributed by atoms with Crippen LogP contribution in [0.2, 0.25) is 0 Å². The largest absolute Gasteiger partial charge is 0.497 e. The highest BCUT2D eigenvalue weighted by atomic mass is 16.5. The molecule has 0 radical (unpaired) electrons. The van der Waals surface area contributed by atoms with Crippen molar-refractivity contribution in [3.8, 4) is 5.75 Å². The van der Waals surface area contributed by atoms with E-state index in [1.54, 1.807) is 13.2 Å². The normalized spacial score (nSPS) is 17.2. The van der Waals surface area contributed by atoms with Gasteiger partial charge in [0.05, 0.1) is 12.7 Å². The molecule has 3 heteroatoms. The molecule has 0 aromatic heterocycles. The molecule has 1 unspecified atom stereocenters. The summed E-state index contributed by atoms with van der Waals surface area (Å²) in [7, 11) is 1.62. The van der Waals surface area contributed by atoms with Gasteiger partial charge in [-0.1, -0.05) is 30.3 Å². The molecular formula is C15H12O3. The van der Waals surface area contributed by atoms with Crippen LogP contribution >= 0.6 is 0 Å². The fourth-order valence-corrected chi connectivity index (χ4v) is 2.17. The summed E-state index contributed by atoms with van der Waals surface area (Å²) in [6, 6.07) is 15.0. The third-order valence-electron chi connectivity index (χ3n) is 3.11. The van der Waals surface area contributed by atoms with Crippen molar-refractivity contribution in [1.82, 2.24) is 0 Å². The average Bonchev–Trinajstić information content (AvgIpc) is 2.77. The monoisotopic (exact) mass is 240 g/mol. The summed E-state index contributed by atoms with van der Waals surface area (Å²) in [5.74, 6) is 0.530. The summed E-state index contributed by atoms with van der Waals surface area (Å²) in [5.41, 5.74) is 2.53. The van der Waals surface area contributed by atoms with E-state index >= 15 is 0 Å². The van der Waals surface area contributed by atoms with Crippen LogP contribution in [0, 0.1) is 0 Å². The number of ether oxygens (including phenoxy) is 2. The molecule has 0 saturated carbocycles. The summed E-state index contributed by atoms with van der Waals surface area (Å²) >= 11 is 0. The van der Waals surface area contributed by atoms with Crippen LogP contribution in [-0.4, -0.2) is 13.1 Å². The topological polar surface area (TPSA) is 35.5 Å². The van der Waals surface area contributed by atoms with Gasteiger partial charge in [0.15, 0.2) is 6.10 Å². The molecule has 1 aliphatic heterocycles. The number of carbonyl (C=O) groups is 1. The number of hydrogen-bond acceptors (Lipinski definition) is 3. The molecule has 0 amide bonds. The predicted octanol–water partition coefficient (Wildman–Crippen LogP) is 2.96. The molecule has 1 aliphatic rings. The van der Waals surface area contributed by atoms with Crippen LogP contribution in [0.4, 0.5) is 0 Å². The first-order chi connectivity index (χ1) is 8.79. The zero-order chi connectivity index (χ0) is 12.5. The van der Waals surface area contributed by atoms with Gasteiger partial charge in [-0.25, -0.2) is 4.79 Å². The Morgan fingerprint density at radius 2 is 1.78 bits per heavy atom. The van der Waals surface area contributed by atoms with E-state index in [0.717, 1.165) is 16.9 Å². The molecule has 3 nitrogen and oxygen atoms in total. The van der Waals surface area contributed by atoms with Crippen LogP contribution in [0.5, 0.6) is 5.75 Å². The Balaban J connectivity index is 2.01. The molecule has 2 aromatic rings. The Bertz CT molecular complexity index is 587. The number of hydrogen-bond donors (Lipinski definition) is 0. The minimum Gasteiger partial charge on any atom is -0.497 e. The molecule has 90 valence electrons. The summed E-state index contributed by atoms with van der Waals surface area (Å²) in [5, 5.41) is 0. The van der Waals surface area contributed by atoms with E-state index in [0.29, 0.717) is 5.56 Å². The number of fused-ring (bicyclic) bond motifs is 1. The average molecular weight is 240 g/mol. The van der Waals surface area contributed by atoms with Gasteiger partial charge in [-0.05, 0) is 23.8 Å². The van der Waals surface area contributed by atoms with Gasteiger partial charge in [0.2, 0.25) is 0 Å². The first-order valence-corrected chi connectivity index (χ1v) is 5.73. The molecule has 0 aliphatic carbocycles. The molecule has 2 aromatic carbocycles. The zero-order valence-electron chi connectivity index (χ0n) is 9.92. The van der Waals surface area contributed by atoms with Crippen molar-refractivity contribution in [3.63, 3.8) is 0 Å². The van der Waals surface area contributed by atoms with Crippen LogP contribution in [0.1, 0.15) is 27.6 Å². The Morgan fingerprint density at radius 1 is 1.06 bits per heavy atom. The third-order valence-corrected chi connectivity index (χ3v) is 3.11. The van der Waals surface area contributed by atoms with Crippen LogP contribution in [0.15, 0.2) is 48.5 Å². The Hall–Kier alpha value is -2.29. The van der Waals surface area contributed by atoms with Crippen molar-refractivity contribution in [2.45, 2.75) is 6.10 Å². The maximum absolute atomic E-state index is 11.7. The van der Waals surface area contributed by atoms with Gasteiger partial charge < -0.3 is 9.47 Å². The van der Waals surface area contributed by atoms with E-state index in [9.17, 15) is 4.79 Å². The fourth-order valence-electron chi connectivity index (χ4n) is 2.17. The molecule has 0 N–H and O–H groups in total. The van der Waals surface area contributed by atoms with Gasteiger partial charge in [0, 0.05) is 5.56 Å². The Morgan fingerprint density at radius 3 is 2.50 bits per heavy atom. The standard InChI is InChI=1S/C15H12O3/c1-17-11-8-6-10(7-9-11)14-12-4-2-3-5-13(12)15(16)18-14/h2-9,14H,1H3. The first kappa shape index (κ1) is 10.8. The SMILES string of the molecule is COc1ccc(C2OC(=O)c3ccccc32)cc1. The molecule has 3 rings (SSSR count). The second-order valence-electron chi connectivity index (χ2n) is 4.15. The summed E-state index contributed by atoms with van der Waals surface area (Å²) in [6.45, 7) is 0. The van der Waals surface area contributed by atoms with Gasteiger partial charge in [-0.2, -0.15) is 0 Å². The van der Waals surface area contributed by atoms with E-state index < -0.39 is 0 Å². The molecule has 0 saturated heterocycles. The number of cyclic esters (lactones) is 1. The predicted molar refractivity (Wildman–Crippen MR) is 66.7 cm³/mol. The van der Waals surface area contributed by atoms with E-state index in [2.05, 4.69) is 0 Å². The Labute approximate surface area is 105 Å². The fraction of sp³-hybridized carbons (Fsp3) is 0.133. The van der Waals surface area contributed by atoms with Gasteiger partial charge in [0.25, 0.3) is 0 Å². The van der Waals surface area contributed by atoms with Crippen LogP contribution in [0.3, 0.4) is 0 Å². The lowest BCUT2D eigenvalue weighted by Gasteiger charge is -2.11. The van der Waals surface area contributed by atoms with Gasteiger partial charge in [-0.3, -0.25) is 0 Å². The lowest BCUT2D eigenvalue weighted by molar-refractivity contribution is 0.0456. The lowest BCUT2D eigenvalue weighted by Crippen LogP contribution is -2.00. The molecule has 1 heterocycles. The van der Waals surface area contributed by atoms with Crippen molar-refractivity contribution >= 4 is 5.97 Å². The van der Waals surface area contributed by atoms with Crippen LogP contribution < -0.4 is 4.74 Å². The highest BCUT2D eigenvalue weighted by Gasteiger charge is 2.31. The summed E-state index contributed by atoms with van der Waals surface area (Å²) in [6.07, 6.45) is -0.306. The van der Waals surface area contributed by atoms with Crippen molar-refractivity contribution in [3.05, 3.63) is 65.2 Å². The molecule has 0 fully saturated rings. The summed E-state index contributed by atoms with van der Waals surface area (Å²) in [4.78, 5) is 11.7. The molecule has 18 heavy (non-hydrogen) atoms. The van der Waals surface area contributed by atoms with E-state index in [1.165, 1.54) is 0 Å². The van der Waals surface area contributed by atoms with Crippen LogP contribution in [0.25, 0.3) is 0 Å². The van der Waals surface area contributed by atoms with Crippen molar-refractivity contribution in [2.24, 2.45) is 0 Å². The van der Waals surface area contributed by atoms with Crippen molar-refractivity contribution in [2.75, 3.05) is 7.11 Å². The second kappa shape index (κ2) is 4.18. The maximum Gasteiger partial charge on any atom is 0.339 e. The molecular weight excluding hydrogens is 228 g/mol. The number of methoxy groups -OCH3 is 1. The smallest absolute Gasteiger partial charge is 0.339 e. The molecule has 1 atom stereocenters. The quantitative estimate of drug-likeness (QED) is 0.757. The lowest BCUT2D eigenvalue weighted by atomic mass is 9.99. The van der Waals surface area contributed by atoms with Crippen molar-refractivity contribution in [1.29, 1.82) is 0 Å². The molecule has 0 bridgehead atoms. The van der Waals surface area contributed by atoms with Crippen LogP contribution in [-0.2, 0) is 4.74 Å². The third kappa shape index (κ3) is 1.64.